The Morgan fingerprint density at radius 1 is 0.871 bits per heavy atom. The quantitative estimate of drug-likeness (QED) is 0.514. The number of carbonyl (C=O) groups excluding carboxylic acids is 1. The second-order valence-electron chi connectivity index (χ2n) is 8.06. The molecule has 0 radical (unpaired) electrons. The molecule has 2 heterocycles. The van der Waals surface area contributed by atoms with E-state index in [1.54, 1.807) is 11.3 Å². The van der Waals surface area contributed by atoms with Crippen LogP contribution in [0.4, 0.5) is 0 Å². The van der Waals surface area contributed by atoms with Crippen LogP contribution in [0.5, 0.6) is 0 Å². The number of carbonyl (C=O) groups is 1. The maximum absolute atomic E-state index is 12.0. The van der Waals surface area contributed by atoms with Crippen LogP contribution in [0.2, 0.25) is 0 Å². The second kappa shape index (κ2) is 11.2. The van der Waals surface area contributed by atoms with Gasteiger partial charge in [-0.3, -0.25) is 9.69 Å². The Morgan fingerprint density at radius 2 is 1.52 bits per heavy atom. The Bertz CT molecular complexity index is 867. The zero-order chi connectivity index (χ0) is 21.3. The molecule has 0 aliphatic carbocycles. The van der Waals surface area contributed by atoms with Gasteiger partial charge in [0.15, 0.2) is 0 Å². The monoisotopic (exact) mass is 433 g/mol. The zero-order valence-corrected chi connectivity index (χ0v) is 18.8. The summed E-state index contributed by atoms with van der Waals surface area (Å²) in [6, 6.07) is 26.0. The fraction of sp³-hybridized carbons (Fsp3) is 0.346. The molecule has 1 aliphatic rings. The number of rotatable bonds is 9. The minimum atomic E-state index is 0.126. The highest BCUT2D eigenvalue weighted by Gasteiger charge is 2.26. The van der Waals surface area contributed by atoms with E-state index in [-0.39, 0.29) is 5.91 Å². The van der Waals surface area contributed by atoms with Gasteiger partial charge in [0.1, 0.15) is 0 Å². The van der Waals surface area contributed by atoms with E-state index < -0.39 is 0 Å². The first-order valence-corrected chi connectivity index (χ1v) is 12.0. The smallest absolute Gasteiger partial charge is 0.225 e. The number of nitrogens with zero attached hydrogens (tertiary/aromatic N) is 2. The van der Waals surface area contributed by atoms with Crippen LogP contribution >= 0.6 is 11.3 Å². The summed E-state index contributed by atoms with van der Waals surface area (Å²) in [6.07, 6.45) is 1.49. The molecule has 4 rings (SSSR count). The van der Waals surface area contributed by atoms with E-state index in [2.05, 4.69) is 75.8 Å². The third-order valence-corrected chi connectivity index (χ3v) is 6.77. The highest BCUT2D eigenvalue weighted by molar-refractivity contribution is 7.10. The molecule has 1 fully saturated rings. The summed E-state index contributed by atoms with van der Waals surface area (Å²) in [5.41, 5.74) is 2.71. The summed E-state index contributed by atoms with van der Waals surface area (Å²) < 4.78 is 0. The van der Waals surface area contributed by atoms with Crippen LogP contribution in [0, 0.1) is 0 Å². The van der Waals surface area contributed by atoms with Crippen molar-refractivity contribution in [3.8, 4) is 0 Å². The number of thiophene rings is 1. The highest BCUT2D eigenvalue weighted by Crippen LogP contribution is 2.29. The van der Waals surface area contributed by atoms with Gasteiger partial charge in [-0.2, -0.15) is 0 Å². The Kier molecular flexibility index (Phi) is 7.88. The first-order valence-electron chi connectivity index (χ1n) is 11.1. The number of nitrogens with one attached hydrogen (secondary N) is 1. The van der Waals surface area contributed by atoms with Crippen LogP contribution < -0.4 is 5.32 Å². The highest BCUT2D eigenvalue weighted by atomic mass is 32.1. The molecule has 0 saturated carbocycles. The first-order chi connectivity index (χ1) is 15.3. The lowest BCUT2D eigenvalue weighted by molar-refractivity contribution is -0.120. The Morgan fingerprint density at radius 3 is 2.10 bits per heavy atom. The van der Waals surface area contributed by atoms with E-state index in [1.165, 1.54) is 11.1 Å². The van der Waals surface area contributed by atoms with Crippen LogP contribution in [0.3, 0.4) is 0 Å². The number of hydrogen-bond acceptors (Lipinski definition) is 4. The predicted molar refractivity (Wildman–Crippen MR) is 128 cm³/mol. The third kappa shape index (κ3) is 6.26. The summed E-state index contributed by atoms with van der Waals surface area (Å²) in [5.74, 6) is 0.126. The summed E-state index contributed by atoms with van der Waals surface area (Å²) >= 11 is 1.64. The Hall–Kier alpha value is -2.47. The van der Waals surface area contributed by atoms with E-state index in [0.717, 1.165) is 50.6 Å². The molecule has 1 saturated heterocycles. The zero-order valence-electron chi connectivity index (χ0n) is 18.0. The summed E-state index contributed by atoms with van der Waals surface area (Å²) in [7, 11) is 0. The SMILES string of the molecule is O=C(Cc1cccs1)NCCCN1CCN(C(c2ccccc2)c2ccccc2)CC1. The molecule has 0 atom stereocenters. The van der Waals surface area contributed by atoms with Crippen molar-refractivity contribution in [3.63, 3.8) is 0 Å². The molecule has 4 nitrogen and oxygen atoms in total. The van der Waals surface area contributed by atoms with Gasteiger partial charge in [-0.05, 0) is 35.5 Å². The normalized spacial score (nSPS) is 15.3. The Labute approximate surface area is 189 Å². The van der Waals surface area contributed by atoms with Crippen LogP contribution in [-0.2, 0) is 11.2 Å². The van der Waals surface area contributed by atoms with Crippen molar-refractivity contribution in [2.45, 2.75) is 18.9 Å². The van der Waals surface area contributed by atoms with Gasteiger partial charge in [-0.25, -0.2) is 0 Å². The van der Waals surface area contributed by atoms with Gasteiger partial charge in [0.2, 0.25) is 5.91 Å². The van der Waals surface area contributed by atoms with Gasteiger partial charge in [0.05, 0.1) is 12.5 Å². The number of piperazine rings is 1. The van der Waals surface area contributed by atoms with Crippen LogP contribution in [0.15, 0.2) is 78.2 Å². The van der Waals surface area contributed by atoms with E-state index in [4.69, 9.17) is 0 Å². The van der Waals surface area contributed by atoms with Crippen molar-refractivity contribution in [2.75, 3.05) is 39.3 Å². The van der Waals surface area contributed by atoms with Gasteiger partial charge < -0.3 is 10.2 Å². The topological polar surface area (TPSA) is 35.6 Å². The lowest BCUT2D eigenvalue weighted by Gasteiger charge is -2.39. The standard InChI is InChI=1S/C26H31N3OS/c30-25(21-24-13-7-20-31-24)27-14-8-15-28-16-18-29(19-17-28)26(22-9-3-1-4-10-22)23-11-5-2-6-12-23/h1-7,9-13,20,26H,8,14-19,21H2,(H,27,30). The van der Waals surface area contributed by atoms with Crippen molar-refractivity contribution >= 4 is 17.2 Å². The van der Waals surface area contributed by atoms with Crippen molar-refractivity contribution in [1.82, 2.24) is 15.1 Å². The van der Waals surface area contributed by atoms with Gasteiger partial charge in [0, 0.05) is 37.6 Å². The first kappa shape index (κ1) is 21.8. The Balaban J connectivity index is 1.24. The van der Waals surface area contributed by atoms with Crippen LogP contribution in [0.1, 0.15) is 28.5 Å². The number of amides is 1. The maximum atomic E-state index is 12.0. The van der Waals surface area contributed by atoms with Gasteiger partial charge in [0.25, 0.3) is 0 Å². The molecule has 5 heteroatoms. The molecule has 162 valence electrons. The minimum Gasteiger partial charge on any atom is -0.356 e. The van der Waals surface area contributed by atoms with Gasteiger partial charge in [-0.15, -0.1) is 11.3 Å². The van der Waals surface area contributed by atoms with Crippen molar-refractivity contribution in [3.05, 3.63) is 94.2 Å². The molecule has 0 unspecified atom stereocenters. The lowest BCUT2D eigenvalue weighted by Crippen LogP contribution is -2.48. The van der Waals surface area contributed by atoms with E-state index in [0.29, 0.717) is 12.5 Å². The molecule has 0 spiro atoms. The van der Waals surface area contributed by atoms with E-state index in [1.807, 2.05) is 17.5 Å². The summed E-state index contributed by atoms with van der Waals surface area (Å²) in [4.78, 5) is 18.3. The third-order valence-electron chi connectivity index (χ3n) is 5.89. The average molecular weight is 434 g/mol. The van der Waals surface area contributed by atoms with E-state index >= 15 is 0 Å². The van der Waals surface area contributed by atoms with Crippen LogP contribution in [0.25, 0.3) is 0 Å². The van der Waals surface area contributed by atoms with Crippen molar-refractivity contribution in [1.29, 1.82) is 0 Å². The molecule has 1 aliphatic heterocycles. The largest absolute Gasteiger partial charge is 0.356 e. The molecule has 0 bridgehead atoms. The number of hydrogen-bond donors (Lipinski definition) is 1. The molecule has 1 aromatic heterocycles. The molecule has 1 N–H and O–H groups in total. The summed E-state index contributed by atoms with van der Waals surface area (Å²) in [5, 5.41) is 5.08. The average Bonchev–Trinajstić information content (AvgIpc) is 3.32. The molecule has 31 heavy (non-hydrogen) atoms. The van der Waals surface area contributed by atoms with Crippen LogP contribution in [-0.4, -0.2) is 55.0 Å². The summed E-state index contributed by atoms with van der Waals surface area (Å²) in [6.45, 7) is 6.03. The fourth-order valence-corrected chi connectivity index (χ4v) is 5.00. The molecule has 3 aromatic rings. The van der Waals surface area contributed by atoms with E-state index in [9.17, 15) is 4.79 Å². The van der Waals surface area contributed by atoms with Gasteiger partial charge in [-0.1, -0.05) is 66.7 Å². The number of benzene rings is 2. The molecular weight excluding hydrogens is 402 g/mol. The van der Waals surface area contributed by atoms with Gasteiger partial charge >= 0.3 is 0 Å². The molecule has 1 amide bonds. The van der Waals surface area contributed by atoms with Crippen molar-refractivity contribution in [2.24, 2.45) is 0 Å². The molecule has 2 aromatic carbocycles. The minimum absolute atomic E-state index is 0.126. The fourth-order valence-electron chi connectivity index (χ4n) is 4.29. The predicted octanol–water partition coefficient (Wildman–Crippen LogP) is 4.20. The maximum Gasteiger partial charge on any atom is 0.225 e. The second-order valence-corrected chi connectivity index (χ2v) is 9.09. The molecular formula is C26H31N3OS. The van der Waals surface area contributed by atoms with Crippen molar-refractivity contribution < 1.29 is 4.79 Å². The lowest BCUT2D eigenvalue weighted by atomic mass is 9.96.